The van der Waals surface area contributed by atoms with Crippen molar-refractivity contribution in [3.8, 4) is 5.69 Å². The summed E-state index contributed by atoms with van der Waals surface area (Å²) in [7, 11) is 1.17. The molecule has 0 radical (unpaired) electrons. The fourth-order valence-electron chi connectivity index (χ4n) is 2.45. The largest absolute Gasteiger partial charge is 0.468 e. The molecule has 0 N–H and O–H groups in total. The molecular weight excluding hydrogens is 374 g/mol. The van der Waals surface area contributed by atoms with E-state index in [-0.39, 0.29) is 10.6 Å². The SMILES string of the molecule is COC(=O)CN1C(=O)S/C(=C/c2cccn2-c2ccc([N+](=O)[O-])cc2)C1=O. The predicted molar refractivity (Wildman–Crippen MR) is 97.1 cm³/mol. The first-order valence-corrected chi connectivity index (χ1v) is 8.46. The molecule has 138 valence electrons. The van der Waals surface area contributed by atoms with Crippen LogP contribution in [0.3, 0.4) is 0 Å². The normalized spacial score (nSPS) is 15.4. The number of hydrogen-bond acceptors (Lipinski definition) is 7. The number of methoxy groups -OCH3 is 1. The van der Waals surface area contributed by atoms with Crippen molar-refractivity contribution in [1.29, 1.82) is 0 Å². The minimum atomic E-state index is -0.687. The number of rotatable bonds is 5. The highest BCUT2D eigenvalue weighted by atomic mass is 32.2. The second-order valence-electron chi connectivity index (χ2n) is 5.42. The van der Waals surface area contributed by atoms with Crippen molar-refractivity contribution in [2.75, 3.05) is 13.7 Å². The highest BCUT2D eigenvalue weighted by molar-refractivity contribution is 8.18. The Morgan fingerprint density at radius 1 is 1.26 bits per heavy atom. The monoisotopic (exact) mass is 387 g/mol. The highest BCUT2D eigenvalue weighted by Crippen LogP contribution is 2.32. The second-order valence-corrected chi connectivity index (χ2v) is 6.41. The third-order valence-electron chi connectivity index (χ3n) is 3.79. The van der Waals surface area contributed by atoms with E-state index in [9.17, 15) is 24.5 Å². The third-order valence-corrected chi connectivity index (χ3v) is 4.69. The number of benzene rings is 1. The van der Waals surface area contributed by atoms with Crippen LogP contribution in [0, 0.1) is 10.1 Å². The van der Waals surface area contributed by atoms with Gasteiger partial charge in [0.2, 0.25) is 0 Å². The molecule has 1 aliphatic heterocycles. The molecule has 2 aromatic rings. The fraction of sp³-hybridized carbons (Fsp3) is 0.118. The molecule has 0 atom stereocenters. The smallest absolute Gasteiger partial charge is 0.325 e. The van der Waals surface area contributed by atoms with E-state index < -0.39 is 28.6 Å². The number of carbonyl (C=O) groups excluding carboxylic acids is 3. The Balaban J connectivity index is 1.88. The number of nitrogens with zero attached hydrogens (tertiary/aromatic N) is 3. The van der Waals surface area contributed by atoms with Gasteiger partial charge in [-0.15, -0.1) is 0 Å². The van der Waals surface area contributed by atoms with Crippen LogP contribution in [0.4, 0.5) is 10.5 Å². The first-order chi connectivity index (χ1) is 12.9. The third kappa shape index (κ3) is 3.75. The molecule has 1 fully saturated rings. The zero-order chi connectivity index (χ0) is 19.6. The van der Waals surface area contributed by atoms with Crippen LogP contribution in [-0.2, 0) is 14.3 Å². The van der Waals surface area contributed by atoms with Crippen molar-refractivity contribution in [2.45, 2.75) is 0 Å². The van der Waals surface area contributed by atoms with Gasteiger partial charge in [-0.25, -0.2) is 0 Å². The highest BCUT2D eigenvalue weighted by Gasteiger charge is 2.36. The lowest BCUT2D eigenvalue weighted by Gasteiger charge is -2.10. The lowest BCUT2D eigenvalue weighted by atomic mass is 10.2. The minimum Gasteiger partial charge on any atom is -0.468 e. The number of ether oxygens (including phenoxy) is 1. The second kappa shape index (κ2) is 7.46. The Morgan fingerprint density at radius 3 is 2.59 bits per heavy atom. The maximum Gasteiger partial charge on any atom is 0.325 e. The zero-order valence-electron chi connectivity index (χ0n) is 14.0. The molecule has 10 heteroatoms. The molecule has 2 amide bonds. The van der Waals surface area contributed by atoms with Gasteiger partial charge in [0.25, 0.3) is 16.8 Å². The van der Waals surface area contributed by atoms with E-state index in [1.807, 2.05) is 0 Å². The molecule has 0 unspecified atom stereocenters. The Hall–Kier alpha value is -3.40. The van der Waals surface area contributed by atoms with Crippen LogP contribution in [-0.4, -0.2) is 45.2 Å². The Morgan fingerprint density at radius 2 is 1.96 bits per heavy atom. The minimum absolute atomic E-state index is 0.0311. The van der Waals surface area contributed by atoms with Crippen LogP contribution in [0.2, 0.25) is 0 Å². The van der Waals surface area contributed by atoms with Crippen molar-refractivity contribution in [3.63, 3.8) is 0 Å². The summed E-state index contributed by atoms with van der Waals surface area (Å²) >= 11 is 0.731. The lowest BCUT2D eigenvalue weighted by Crippen LogP contribution is -2.34. The predicted octanol–water partition coefficient (Wildman–Crippen LogP) is 2.59. The summed E-state index contributed by atoms with van der Waals surface area (Å²) in [6.07, 6.45) is 3.26. The number of esters is 1. The van der Waals surface area contributed by atoms with Crippen LogP contribution in [0.15, 0.2) is 47.5 Å². The molecular formula is C17H13N3O6S. The number of aromatic nitrogens is 1. The van der Waals surface area contributed by atoms with Gasteiger partial charge in [-0.05, 0) is 42.1 Å². The van der Waals surface area contributed by atoms with E-state index in [0.29, 0.717) is 11.4 Å². The lowest BCUT2D eigenvalue weighted by molar-refractivity contribution is -0.384. The summed E-state index contributed by atoms with van der Waals surface area (Å²) < 4.78 is 6.21. The molecule has 2 heterocycles. The van der Waals surface area contributed by atoms with Gasteiger partial charge in [0.1, 0.15) is 6.54 Å². The number of thioether (sulfide) groups is 1. The molecule has 1 aromatic heterocycles. The summed E-state index contributed by atoms with van der Waals surface area (Å²) in [4.78, 5) is 47.0. The Labute approximate surface area is 157 Å². The van der Waals surface area contributed by atoms with Crippen LogP contribution >= 0.6 is 11.8 Å². The van der Waals surface area contributed by atoms with E-state index in [0.717, 1.165) is 16.7 Å². The first-order valence-electron chi connectivity index (χ1n) is 7.65. The molecule has 1 saturated heterocycles. The first kappa shape index (κ1) is 18.4. The number of non-ortho nitro benzene ring substituents is 1. The summed E-state index contributed by atoms with van der Waals surface area (Å²) in [6, 6.07) is 9.39. The zero-order valence-corrected chi connectivity index (χ0v) is 14.8. The quantitative estimate of drug-likeness (QED) is 0.335. The summed E-state index contributed by atoms with van der Waals surface area (Å²) in [5.41, 5.74) is 1.23. The van der Waals surface area contributed by atoms with Crippen molar-refractivity contribution >= 4 is 40.6 Å². The number of imide groups is 1. The van der Waals surface area contributed by atoms with E-state index in [2.05, 4.69) is 4.74 Å². The molecule has 0 spiro atoms. The van der Waals surface area contributed by atoms with E-state index in [4.69, 9.17) is 0 Å². The van der Waals surface area contributed by atoms with Gasteiger partial charge >= 0.3 is 5.97 Å². The van der Waals surface area contributed by atoms with Gasteiger partial charge in [-0.3, -0.25) is 29.4 Å². The Bertz CT molecular complexity index is 963. The topological polar surface area (TPSA) is 112 Å². The summed E-state index contributed by atoms with van der Waals surface area (Å²) in [5, 5.41) is 10.2. The average molecular weight is 387 g/mol. The van der Waals surface area contributed by atoms with E-state index >= 15 is 0 Å². The average Bonchev–Trinajstić information content (AvgIpc) is 3.22. The van der Waals surface area contributed by atoms with Crippen molar-refractivity contribution in [1.82, 2.24) is 9.47 Å². The number of hydrogen-bond donors (Lipinski definition) is 0. The van der Waals surface area contributed by atoms with Crippen molar-refractivity contribution in [2.24, 2.45) is 0 Å². The number of nitro benzene ring substituents is 1. The van der Waals surface area contributed by atoms with Crippen LogP contribution in [0.25, 0.3) is 11.8 Å². The van der Waals surface area contributed by atoms with Gasteiger partial charge < -0.3 is 9.30 Å². The van der Waals surface area contributed by atoms with Crippen LogP contribution in [0.5, 0.6) is 0 Å². The standard InChI is InChI=1S/C17H13N3O6S/c1-26-15(21)10-19-16(22)14(27-17(19)23)9-13-3-2-8-18(13)11-4-6-12(7-5-11)20(24)25/h2-9H,10H2,1H3/b14-9+. The number of carbonyl (C=O) groups is 3. The van der Waals surface area contributed by atoms with Crippen LogP contribution < -0.4 is 0 Å². The van der Waals surface area contributed by atoms with E-state index in [1.165, 1.54) is 25.3 Å². The van der Waals surface area contributed by atoms with Gasteiger partial charge in [0, 0.05) is 29.7 Å². The molecule has 27 heavy (non-hydrogen) atoms. The van der Waals surface area contributed by atoms with Gasteiger partial charge in [-0.2, -0.15) is 0 Å². The van der Waals surface area contributed by atoms with Gasteiger partial charge in [0.05, 0.1) is 16.9 Å². The van der Waals surface area contributed by atoms with Gasteiger partial charge in [0.15, 0.2) is 0 Å². The molecule has 9 nitrogen and oxygen atoms in total. The maximum atomic E-state index is 12.4. The maximum absolute atomic E-state index is 12.4. The van der Waals surface area contributed by atoms with Crippen molar-refractivity contribution in [3.05, 3.63) is 63.3 Å². The number of nitro groups is 1. The molecule has 0 aliphatic carbocycles. The van der Waals surface area contributed by atoms with Crippen molar-refractivity contribution < 1.29 is 24.0 Å². The molecule has 3 rings (SSSR count). The molecule has 0 saturated carbocycles. The molecule has 1 aliphatic rings. The summed E-state index contributed by atoms with van der Waals surface area (Å²) in [5.74, 6) is -1.26. The number of amides is 2. The van der Waals surface area contributed by atoms with Gasteiger partial charge in [-0.1, -0.05) is 0 Å². The van der Waals surface area contributed by atoms with E-state index in [1.54, 1.807) is 35.0 Å². The summed E-state index contributed by atoms with van der Waals surface area (Å²) in [6.45, 7) is -0.443. The fourth-order valence-corrected chi connectivity index (χ4v) is 3.27. The molecule has 0 bridgehead atoms. The Kier molecular flexibility index (Phi) is 5.08. The van der Waals surface area contributed by atoms with Crippen LogP contribution in [0.1, 0.15) is 5.69 Å². The molecule has 1 aromatic carbocycles.